The van der Waals surface area contributed by atoms with E-state index in [4.69, 9.17) is 32.9 Å². The third-order valence-corrected chi connectivity index (χ3v) is 6.14. The first-order chi connectivity index (χ1) is 16.4. The number of aryl methyl sites for hydroxylation is 1. The number of aliphatic imine (C=N–C) groups is 1. The maximum atomic E-state index is 12.1. The fourth-order valence-corrected chi connectivity index (χ4v) is 4.13. The van der Waals surface area contributed by atoms with Crippen LogP contribution >= 0.6 is 23.2 Å². The van der Waals surface area contributed by atoms with Crippen molar-refractivity contribution in [3.8, 4) is 5.75 Å². The molecule has 1 aliphatic carbocycles. The quantitative estimate of drug-likeness (QED) is 0.375. The summed E-state index contributed by atoms with van der Waals surface area (Å²) in [5.74, 6) is 0.802. The van der Waals surface area contributed by atoms with Crippen LogP contribution in [0.3, 0.4) is 0 Å². The van der Waals surface area contributed by atoms with Gasteiger partial charge in [-0.2, -0.15) is 0 Å². The molecule has 3 aromatic rings. The highest BCUT2D eigenvalue weighted by atomic mass is 35.5. The molecule has 1 fully saturated rings. The summed E-state index contributed by atoms with van der Waals surface area (Å²) in [5, 5.41) is 4.97. The van der Waals surface area contributed by atoms with Crippen LogP contribution < -0.4 is 10.1 Å². The topological polar surface area (TPSA) is 76.5 Å². The van der Waals surface area contributed by atoms with Crippen LogP contribution in [0.4, 0.5) is 0 Å². The lowest BCUT2D eigenvalue weighted by atomic mass is 10.0. The predicted octanol–water partition coefficient (Wildman–Crippen LogP) is 6.21. The molecule has 0 radical (unpaired) electrons. The van der Waals surface area contributed by atoms with Gasteiger partial charge in [0, 0.05) is 45.6 Å². The average Bonchev–Trinajstić information content (AvgIpc) is 3.65. The number of fused-ring (bicyclic) bond motifs is 1. The highest BCUT2D eigenvalue weighted by Gasteiger charge is 2.29. The van der Waals surface area contributed by atoms with E-state index in [9.17, 15) is 4.79 Å². The van der Waals surface area contributed by atoms with Crippen LogP contribution in [0, 0.1) is 12.8 Å². The van der Waals surface area contributed by atoms with Crippen molar-refractivity contribution in [1.29, 1.82) is 0 Å². The summed E-state index contributed by atoms with van der Waals surface area (Å²) >= 11 is 12.8. The first-order valence-electron chi connectivity index (χ1n) is 11.2. The molecule has 1 N–H and O–H groups in total. The number of ether oxygens (including phenoxy) is 1. The van der Waals surface area contributed by atoms with Gasteiger partial charge in [-0.25, -0.2) is 4.98 Å². The summed E-state index contributed by atoms with van der Waals surface area (Å²) in [7, 11) is 0. The molecular formula is C26H26Cl2N4O2. The minimum absolute atomic E-state index is 0.0584. The molecule has 176 valence electrons. The Bertz CT molecular complexity index is 1300. The summed E-state index contributed by atoms with van der Waals surface area (Å²) in [6.07, 6.45) is 5.25. The Hall–Kier alpha value is -2.96. The number of rotatable bonds is 8. The number of allylic oxidation sites excluding steroid dienone is 1. The second kappa shape index (κ2) is 10.5. The summed E-state index contributed by atoms with van der Waals surface area (Å²) in [5.41, 5.74) is 4.54. The zero-order chi connectivity index (χ0) is 24.2. The summed E-state index contributed by atoms with van der Waals surface area (Å²) in [4.78, 5) is 25.7. The third-order valence-electron chi connectivity index (χ3n) is 5.61. The molecule has 1 aliphatic rings. The molecule has 1 aromatic carbocycles. The van der Waals surface area contributed by atoms with Crippen molar-refractivity contribution >= 4 is 51.9 Å². The Labute approximate surface area is 209 Å². The second-order valence-electron chi connectivity index (χ2n) is 8.23. The van der Waals surface area contributed by atoms with Gasteiger partial charge in [-0.3, -0.25) is 14.8 Å². The van der Waals surface area contributed by atoms with Crippen LogP contribution in [0.2, 0.25) is 5.02 Å². The van der Waals surface area contributed by atoms with Crippen LogP contribution in [0.25, 0.3) is 16.6 Å². The Balaban J connectivity index is 1.65. The van der Waals surface area contributed by atoms with Gasteiger partial charge in [0.05, 0.1) is 23.0 Å². The molecule has 2 heterocycles. The van der Waals surface area contributed by atoms with Crippen molar-refractivity contribution in [3.63, 3.8) is 0 Å². The molecule has 0 spiro atoms. The molecule has 2 aromatic heterocycles. The number of hydrogen-bond acceptors (Lipinski definition) is 5. The maximum Gasteiger partial charge on any atom is 0.223 e. The third kappa shape index (κ3) is 5.40. The average molecular weight is 497 g/mol. The van der Waals surface area contributed by atoms with Crippen LogP contribution in [0.1, 0.15) is 49.2 Å². The number of hydrogen-bond donors (Lipinski definition) is 1. The van der Waals surface area contributed by atoms with Crippen molar-refractivity contribution in [3.05, 3.63) is 69.1 Å². The van der Waals surface area contributed by atoms with Crippen molar-refractivity contribution in [2.75, 3.05) is 0 Å². The van der Waals surface area contributed by atoms with Gasteiger partial charge >= 0.3 is 0 Å². The fourth-order valence-electron chi connectivity index (χ4n) is 3.76. The van der Waals surface area contributed by atoms with E-state index in [1.807, 2.05) is 45.0 Å². The van der Waals surface area contributed by atoms with Crippen molar-refractivity contribution in [2.24, 2.45) is 10.9 Å². The Kier molecular flexibility index (Phi) is 7.49. The molecule has 1 saturated carbocycles. The molecule has 6 nitrogen and oxygen atoms in total. The van der Waals surface area contributed by atoms with E-state index in [0.29, 0.717) is 39.3 Å². The normalized spacial score (nSPS) is 14.4. The van der Waals surface area contributed by atoms with Gasteiger partial charge in [0.2, 0.25) is 5.91 Å². The molecule has 0 aliphatic heterocycles. The van der Waals surface area contributed by atoms with Gasteiger partial charge in [-0.1, -0.05) is 35.3 Å². The number of amides is 1. The molecule has 0 saturated heterocycles. The smallest absolute Gasteiger partial charge is 0.223 e. The van der Waals surface area contributed by atoms with Crippen molar-refractivity contribution in [1.82, 2.24) is 15.3 Å². The SMILES string of the molecule is CC=N/C(=C(\C)Cl)c1cc(C)nc2c(OCc3c(Cl)ccnc3CNC(=O)C3CC3)cccc12. The van der Waals surface area contributed by atoms with Crippen LogP contribution in [-0.2, 0) is 17.9 Å². The number of benzene rings is 1. The van der Waals surface area contributed by atoms with E-state index in [0.717, 1.165) is 35.0 Å². The Morgan fingerprint density at radius 2 is 2.12 bits per heavy atom. The highest BCUT2D eigenvalue weighted by molar-refractivity contribution is 6.32. The molecule has 34 heavy (non-hydrogen) atoms. The van der Waals surface area contributed by atoms with Crippen molar-refractivity contribution in [2.45, 2.75) is 46.8 Å². The first kappa shape index (κ1) is 24.2. The molecular weight excluding hydrogens is 471 g/mol. The highest BCUT2D eigenvalue weighted by Crippen LogP contribution is 2.34. The summed E-state index contributed by atoms with van der Waals surface area (Å²) in [6, 6.07) is 9.46. The standard InChI is InChI=1S/C26H26Cl2N4O2/c1-4-29-24(16(3)27)19-12-15(2)32-25-18(19)6-5-7-23(25)34-14-20-21(28)10-11-30-22(20)13-31-26(33)17-8-9-17/h4-7,10-12,17H,8-9,13-14H2,1-3H3,(H,31,33)/b24-16+,29-4?. The number of nitrogens with one attached hydrogen (secondary N) is 1. The fraction of sp³-hybridized carbons (Fsp3) is 0.308. The number of carbonyl (C=O) groups excluding carboxylic acids is 1. The Morgan fingerprint density at radius 3 is 2.82 bits per heavy atom. The van der Waals surface area contributed by atoms with E-state index in [1.165, 1.54) is 0 Å². The van der Waals surface area contributed by atoms with Gasteiger partial charge in [0.25, 0.3) is 0 Å². The largest absolute Gasteiger partial charge is 0.486 e. The van der Waals surface area contributed by atoms with Crippen LogP contribution in [0.5, 0.6) is 5.75 Å². The number of halogens is 2. The lowest BCUT2D eigenvalue weighted by Crippen LogP contribution is -2.25. The zero-order valence-corrected chi connectivity index (χ0v) is 20.9. The number of pyridine rings is 2. The molecule has 0 atom stereocenters. The van der Waals surface area contributed by atoms with Crippen LogP contribution in [-0.4, -0.2) is 22.1 Å². The maximum absolute atomic E-state index is 12.1. The van der Waals surface area contributed by atoms with E-state index < -0.39 is 0 Å². The van der Waals surface area contributed by atoms with Crippen LogP contribution in [0.15, 0.2) is 46.6 Å². The molecule has 0 bridgehead atoms. The van der Waals surface area contributed by atoms with E-state index in [1.54, 1.807) is 18.5 Å². The minimum atomic E-state index is 0.0584. The molecule has 4 rings (SSSR count). The second-order valence-corrected chi connectivity index (χ2v) is 9.21. The summed E-state index contributed by atoms with van der Waals surface area (Å²) < 4.78 is 6.22. The number of nitrogens with zero attached hydrogens (tertiary/aromatic N) is 3. The molecule has 0 unspecified atom stereocenters. The molecule has 1 amide bonds. The monoisotopic (exact) mass is 496 g/mol. The predicted molar refractivity (Wildman–Crippen MR) is 137 cm³/mol. The minimum Gasteiger partial charge on any atom is -0.486 e. The zero-order valence-electron chi connectivity index (χ0n) is 19.4. The van der Waals surface area contributed by atoms with E-state index in [-0.39, 0.29) is 18.4 Å². The number of carbonyl (C=O) groups is 1. The first-order valence-corrected chi connectivity index (χ1v) is 11.9. The van der Waals surface area contributed by atoms with Gasteiger partial charge in [0.1, 0.15) is 17.9 Å². The van der Waals surface area contributed by atoms with E-state index >= 15 is 0 Å². The summed E-state index contributed by atoms with van der Waals surface area (Å²) in [6.45, 7) is 6.10. The lowest BCUT2D eigenvalue weighted by Gasteiger charge is -2.15. The van der Waals surface area contributed by atoms with Gasteiger partial charge in [0.15, 0.2) is 0 Å². The van der Waals surface area contributed by atoms with Gasteiger partial charge in [-0.05, 0) is 51.8 Å². The van der Waals surface area contributed by atoms with Gasteiger partial charge < -0.3 is 10.1 Å². The lowest BCUT2D eigenvalue weighted by molar-refractivity contribution is -0.122. The number of aromatic nitrogens is 2. The van der Waals surface area contributed by atoms with Crippen molar-refractivity contribution < 1.29 is 9.53 Å². The number of para-hydroxylation sites is 1. The molecule has 8 heteroatoms. The van der Waals surface area contributed by atoms with Gasteiger partial charge in [-0.15, -0.1) is 0 Å². The van der Waals surface area contributed by atoms with E-state index in [2.05, 4.69) is 15.3 Å². The Morgan fingerprint density at radius 1 is 1.32 bits per heavy atom.